The Labute approximate surface area is 122 Å². The normalized spacial score (nSPS) is 16.9. The highest BCUT2D eigenvalue weighted by Crippen LogP contribution is 2.31. The molecule has 5 nitrogen and oxygen atoms in total. The topological polar surface area (TPSA) is 72.2 Å². The van der Waals surface area contributed by atoms with E-state index in [0.717, 1.165) is 25.7 Å². The molecule has 0 atom stereocenters. The summed E-state index contributed by atoms with van der Waals surface area (Å²) in [5.41, 5.74) is 0.613. The molecule has 6 heteroatoms. The average Bonchev–Trinajstić information content (AvgIpc) is 2.87. The van der Waals surface area contributed by atoms with Gasteiger partial charge < -0.3 is 5.32 Å². The maximum atomic E-state index is 12.3. The van der Waals surface area contributed by atoms with Crippen LogP contribution in [0.15, 0.2) is 18.2 Å². The lowest BCUT2D eigenvalue weighted by molar-refractivity contribution is -0.385. The second-order valence-electron chi connectivity index (χ2n) is 5.33. The van der Waals surface area contributed by atoms with E-state index >= 15 is 0 Å². The number of halogens is 1. The van der Waals surface area contributed by atoms with Crippen molar-refractivity contribution in [3.8, 4) is 0 Å². The standard InChI is InChI=1S/C14H17ClN2O3/c1-10-8-11(4-5-12(10)17(19)20)13(18)16-14(9-15)6-2-3-7-14/h4-5,8H,2-3,6-7,9H2,1H3,(H,16,18). The van der Waals surface area contributed by atoms with Crippen molar-refractivity contribution in [1.29, 1.82) is 0 Å². The molecular weight excluding hydrogens is 280 g/mol. The minimum absolute atomic E-state index is 0.0227. The van der Waals surface area contributed by atoms with Gasteiger partial charge in [0.05, 0.1) is 10.5 Å². The molecule has 1 aromatic rings. The zero-order valence-corrected chi connectivity index (χ0v) is 12.1. The van der Waals surface area contributed by atoms with E-state index in [4.69, 9.17) is 11.6 Å². The first-order chi connectivity index (χ1) is 9.47. The predicted octanol–water partition coefficient (Wildman–Crippen LogP) is 3.18. The first kappa shape index (κ1) is 14.8. The number of nitro benzene ring substituents is 1. The molecule has 1 aromatic carbocycles. The van der Waals surface area contributed by atoms with Gasteiger partial charge in [-0.25, -0.2) is 0 Å². The van der Waals surface area contributed by atoms with Gasteiger partial charge in [-0.05, 0) is 31.9 Å². The fourth-order valence-electron chi connectivity index (χ4n) is 2.66. The van der Waals surface area contributed by atoms with Crippen LogP contribution < -0.4 is 5.32 Å². The Kier molecular flexibility index (Phi) is 4.28. The van der Waals surface area contributed by atoms with Crippen molar-refractivity contribution in [1.82, 2.24) is 5.32 Å². The molecule has 108 valence electrons. The van der Waals surface area contributed by atoms with Gasteiger partial charge in [-0.1, -0.05) is 12.8 Å². The molecule has 1 amide bonds. The van der Waals surface area contributed by atoms with Gasteiger partial charge >= 0.3 is 0 Å². The van der Waals surface area contributed by atoms with Gasteiger partial charge in [-0.3, -0.25) is 14.9 Å². The summed E-state index contributed by atoms with van der Waals surface area (Å²) in [6, 6.07) is 4.40. The maximum absolute atomic E-state index is 12.3. The SMILES string of the molecule is Cc1cc(C(=O)NC2(CCl)CCCC2)ccc1[N+](=O)[O-]. The van der Waals surface area contributed by atoms with E-state index in [-0.39, 0.29) is 17.1 Å². The molecule has 0 bridgehead atoms. The molecule has 0 spiro atoms. The Balaban J connectivity index is 2.17. The molecule has 0 radical (unpaired) electrons. The second-order valence-corrected chi connectivity index (χ2v) is 5.60. The highest BCUT2D eigenvalue weighted by atomic mass is 35.5. The van der Waals surface area contributed by atoms with Crippen LogP contribution in [0.5, 0.6) is 0 Å². The molecular formula is C14H17ClN2O3. The number of hydrogen-bond acceptors (Lipinski definition) is 3. The first-order valence-corrected chi connectivity index (χ1v) is 7.14. The number of carbonyl (C=O) groups excluding carboxylic acids is 1. The highest BCUT2D eigenvalue weighted by Gasteiger charge is 2.34. The second kappa shape index (κ2) is 5.79. The van der Waals surface area contributed by atoms with Gasteiger partial charge in [-0.15, -0.1) is 11.6 Å². The quantitative estimate of drug-likeness (QED) is 0.527. The molecule has 1 fully saturated rings. The minimum atomic E-state index is -0.450. The number of aryl methyl sites for hydroxylation is 1. The van der Waals surface area contributed by atoms with Crippen molar-refractivity contribution in [2.45, 2.75) is 38.1 Å². The van der Waals surface area contributed by atoms with Crippen LogP contribution in [0.25, 0.3) is 0 Å². The third-order valence-corrected chi connectivity index (χ3v) is 4.36. The Morgan fingerprint density at radius 2 is 2.10 bits per heavy atom. The van der Waals surface area contributed by atoms with Crippen molar-refractivity contribution < 1.29 is 9.72 Å². The Morgan fingerprint density at radius 1 is 1.45 bits per heavy atom. The molecule has 0 heterocycles. The van der Waals surface area contributed by atoms with E-state index in [1.807, 2.05) is 0 Å². The number of benzene rings is 1. The number of alkyl halides is 1. The van der Waals surface area contributed by atoms with Crippen LogP contribution in [0.1, 0.15) is 41.6 Å². The largest absolute Gasteiger partial charge is 0.345 e. The summed E-state index contributed by atoms with van der Waals surface area (Å²) in [5, 5.41) is 13.8. The fraction of sp³-hybridized carbons (Fsp3) is 0.500. The summed E-state index contributed by atoms with van der Waals surface area (Å²) >= 11 is 5.99. The van der Waals surface area contributed by atoms with Gasteiger partial charge in [0.15, 0.2) is 0 Å². The van der Waals surface area contributed by atoms with E-state index in [1.165, 1.54) is 12.1 Å². The van der Waals surface area contributed by atoms with Crippen molar-refractivity contribution in [3.63, 3.8) is 0 Å². The van der Waals surface area contributed by atoms with Crippen molar-refractivity contribution >= 4 is 23.2 Å². The lowest BCUT2D eigenvalue weighted by atomic mass is 9.99. The van der Waals surface area contributed by atoms with Crippen molar-refractivity contribution in [2.24, 2.45) is 0 Å². The minimum Gasteiger partial charge on any atom is -0.345 e. The highest BCUT2D eigenvalue weighted by molar-refractivity contribution is 6.19. The van der Waals surface area contributed by atoms with Crippen LogP contribution in [0.2, 0.25) is 0 Å². The van der Waals surface area contributed by atoms with Gasteiger partial charge in [0, 0.05) is 23.1 Å². The third kappa shape index (κ3) is 2.93. The van der Waals surface area contributed by atoms with E-state index in [2.05, 4.69) is 5.32 Å². The average molecular weight is 297 g/mol. The molecule has 0 aliphatic heterocycles. The number of nitrogens with one attached hydrogen (secondary N) is 1. The molecule has 1 saturated carbocycles. The van der Waals surface area contributed by atoms with Crippen molar-refractivity contribution in [2.75, 3.05) is 5.88 Å². The lowest BCUT2D eigenvalue weighted by Gasteiger charge is -2.27. The first-order valence-electron chi connectivity index (χ1n) is 6.61. The van der Waals surface area contributed by atoms with Crippen LogP contribution in [0, 0.1) is 17.0 Å². The molecule has 1 aliphatic carbocycles. The van der Waals surface area contributed by atoms with Crippen LogP contribution in [-0.4, -0.2) is 22.2 Å². The summed E-state index contributed by atoms with van der Waals surface area (Å²) in [4.78, 5) is 22.6. The number of carbonyl (C=O) groups is 1. The molecule has 0 saturated heterocycles. The number of nitrogens with zero attached hydrogens (tertiary/aromatic N) is 1. The molecule has 2 rings (SSSR count). The van der Waals surface area contributed by atoms with Gasteiger partial charge in [0.25, 0.3) is 11.6 Å². The molecule has 1 aliphatic rings. The maximum Gasteiger partial charge on any atom is 0.272 e. The van der Waals surface area contributed by atoms with Crippen LogP contribution >= 0.6 is 11.6 Å². The summed E-state index contributed by atoms with van der Waals surface area (Å²) in [6.07, 6.45) is 3.89. The smallest absolute Gasteiger partial charge is 0.272 e. The van der Waals surface area contributed by atoms with Crippen LogP contribution in [0.4, 0.5) is 5.69 Å². The van der Waals surface area contributed by atoms with E-state index < -0.39 is 4.92 Å². The Bertz CT molecular complexity index is 539. The van der Waals surface area contributed by atoms with Gasteiger partial charge in [0.2, 0.25) is 0 Å². The third-order valence-electron chi connectivity index (χ3n) is 3.85. The zero-order chi connectivity index (χ0) is 14.8. The molecule has 0 aromatic heterocycles. The van der Waals surface area contributed by atoms with E-state index in [0.29, 0.717) is 17.0 Å². The number of hydrogen-bond donors (Lipinski definition) is 1. The number of rotatable bonds is 4. The number of nitro groups is 1. The predicted molar refractivity (Wildman–Crippen MR) is 77.2 cm³/mol. The summed E-state index contributed by atoms with van der Waals surface area (Å²) in [7, 11) is 0. The van der Waals surface area contributed by atoms with Crippen LogP contribution in [0.3, 0.4) is 0 Å². The van der Waals surface area contributed by atoms with Gasteiger partial charge in [-0.2, -0.15) is 0 Å². The fourth-order valence-corrected chi connectivity index (χ4v) is 2.99. The van der Waals surface area contributed by atoms with Gasteiger partial charge in [0.1, 0.15) is 0 Å². The molecule has 20 heavy (non-hydrogen) atoms. The Morgan fingerprint density at radius 3 is 2.60 bits per heavy atom. The van der Waals surface area contributed by atoms with E-state index in [1.54, 1.807) is 13.0 Å². The Hall–Kier alpha value is -1.62. The lowest BCUT2D eigenvalue weighted by Crippen LogP contribution is -2.47. The summed E-state index contributed by atoms with van der Waals surface area (Å²) in [6.45, 7) is 1.63. The zero-order valence-electron chi connectivity index (χ0n) is 11.3. The van der Waals surface area contributed by atoms with E-state index in [9.17, 15) is 14.9 Å². The number of amides is 1. The summed E-state index contributed by atoms with van der Waals surface area (Å²) in [5.74, 6) is 0.176. The van der Waals surface area contributed by atoms with Crippen LogP contribution in [-0.2, 0) is 0 Å². The monoisotopic (exact) mass is 296 g/mol. The summed E-state index contributed by atoms with van der Waals surface area (Å²) < 4.78 is 0. The molecule has 1 N–H and O–H groups in total. The van der Waals surface area contributed by atoms with Crippen molar-refractivity contribution in [3.05, 3.63) is 39.4 Å². The molecule has 0 unspecified atom stereocenters.